The number of carboxylic acid groups (broad SMARTS) is 1. The topological polar surface area (TPSA) is 137 Å². The molecule has 1 fully saturated rings. The summed E-state index contributed by atoms with van der Waals surface area (Å²) < 4.78 is 0. The van der Waals surface area contributed by atoms with Crippen LogP contribution in [0.4, 0.5) is 0 Å². The van der Waals surface area contributed by atoms with Crippen molar-refractivity contribution >= 4 is 35.2 Å². The van der Waals surface area contributed by atoms with E-state index in [4.69, 9.17) is 27.9 Å². The number of carbonyl (C=O) groups is 3. The van der Waals surface area contributed by atoms with Crippen LogP contribution < -0.4 is 11.1 Å². The highest BCUT2D eigenvalue weighted by Crippen LogP contribution is 2.37. The Morgan fingerprint density at radius 2 is 1.74 bits per heavy atom. The fraction of sp³-hybridized carbons (Fsp3) is 0.385. The zero-order valence-electron chi connectivity index (χ0n) is 19.9. The predicted molar refractivity (Wildman–Crippen MR) is 134 cm³/mol. The van der Waals surface area contributed by atoms with Crippen LogP contribution in [-0.2, 0) is 9.59 Å². The van der Waals surface area contributed by atoms with Crippen molar-refractivity contribution in [1.29, 1.82) is 5.41 Å². The summed E-state index contributed by atoms with van der Waals surface area (Å²) >= 11 is 6.24. The maximum Gasteiger partial charge on any atom is 0.303 e. The standard InChI is InChI=1S/C26H31ClN4O4/c1-26(2,25(35)31-12-10-16(11-13-31)14-21(32)33)22(19-4-3-5-20(27)15-19)30-24(34)18-8-6-17(7-9-18)23(28)29/h3-9,15-16,22H,10-14H2,1-2H3,(H3,28,29)(H,30,34)(H,32,33)/t22-/m1/s1. The Balaban J connectivity index is 1.84. The molecule has 0 aliphatic carbocycles. The number of likely N-dealkylation sites (tertiary alicyclic amines) is 1. The molecule has 0 aromatic heterocycles. The van der Waals surface area contributed by atoms with Crippen molar-refractivity contribution < 1.29 is 19.5 Å². The first-order chi connectivity index (χ1) is 16.5. The van der Waals surface area contributed by atoms with Gasteiger partial charge < -0.3 is 21.1 Å². The first-order valence-electron chi connectivity index (χ1n) is 11.5. The van der Waals surface area contributed by atoms with E-state index in [9.17, 15) is 14.4 Å². The molecular formula is C26H31ClN4O4. The second-order valence-corrected chi connectivity index (χ2v) is 9.94. The van der Waals surface area contributed by atoms with Gasteiger partial charge in [0.2, 0.25) is 5.91 Å². The van der Waals surface area contributed by atoms with Gasteiger partial charge in [-0.05, 0) is 62.4 Å². The lowest BCUT2D eigenvalue weighted by atomic mass is 9.78. The van der Waals surface area contributed by atoms with Gasteiger partial charge in [0.1, 0.15) is 5.84 Å². The fourth-order valence-electron chi connectivity index (χ4n) is 4.50. The first kappa shape index (κ1) is 26.2. The van der Waals surface area contributed by atoms with Crippen LogP contribution in [0.15, 0.2) is 48.5 Å². The van der Waals surface area contributed by atoms with Crippen molar-refractivity contribution in [1.82, 2.24) is 10.2 Å². The molecule has 1 aliphatic rings. The second-order valence-electron chi connectivity index (χ2n) is 9.51. The summed E-state index contributed by atoms with van der Waals surface area (Å²) in [7, 11) is 0. The van der Waals surface area contributed by atoms with Gasteiger partial charge in [0.05, 0.1) is 11.5 Å². The number of amides is 2. The predicted octanol–water partition coefficient (Wildman–Crippen LogP) is 3.83. The Morgan fingerprint density at radius 3 is 2.29 bits per heavy atom. The van der Waals surface area contributed by atoms with Gasteiger partial charge >= 0.3 is 5.97 Å². The number of benzene rings is 2. The largest absolute Gasteiger partial charge is 0.481 e. The van der Waals surface area contributed by atoms with Crippen LogP contribution in [0.1, 0.15) is 60.6 Å². The summed E-state index contributed by atoms with van der Waals surface area (Å²) in [5, 5.41) is 20.1. The van der Waals surface area contributed by atoms with Crippen molar-refractivity contribution in [2.24, 2.45) is 17.1 Å². The number of nitrogens with zero attached hydrogens (tertiary/aromatic N) is 1. The third kappa shape index (κ3) is 6.39. The summed E-state index contributed by atoms with van der Waals surface area (Å²) in [4.78, 5) is 39.6. The Hall–Kier alpha value is -3.39. The van der Waals surface area contributed by atoms with E-state index < -0.39 is 17.4 Å². The molecule has 1 atom stereocenters. The Morgan fingerprint density at radius 1 is 1.14 bits per heavy atom. The van der Waals surface area contributed by atoms with Gasteiger partial charge in [-0.15, -0.1) is 0 Å². The number of carbonyl (C=O) groups excluding carboxylic acids is 2. The molecule has 2 aromatic carbocycles. The van der Waals surface area contributed by atoms with E-state index in [0.29, 0.717) is 47.6 Å². The number of nitrogens with one attached hydrogen (secondary N) is 2. The molecule has 5 N–H and O–H groups in total. The van der Waals surface area contributed by atoms with E-state index >= 15 is 0 Å². The zero-order valence-corrected chi connectivity index (χ0v) is 20.6. The van der Waals surface area contributed by atoms with E-state index in [-0.39, 0.29) is 30.0 Å². The van der Waals surface area contributed by atoms with Crippen molar-refractivity contribution in [3.05, 3.63) is 70.2 Å². The number of carboxylic acids is 1. The molecule has 186 valence electrons. The highest BCUT2D eigenvalue weighted by Gasteiger charge is 2.42. The van der Waals surface area contributed by atoms with Crippen molar-refractivity contribution in [3.63, 3.8) is 0 Å². The average Bonchev–Trinajstić information content (AvgIpc) is 2.82. The lowest BCUT2D eigenvalue weighted by molar-refractivity contribution is -0.144. The van der Waals surface area contributed by atoms with Gasteiger partial charge in [-0.1, -0.05) is 35.9 Å². The summed E-state index contributed by atoms with van der Waals surface area (Å²) in [5.41, 5.74) is 6.07. The van der Waals surface area contributed by atoms with E-state index in [1.54, 1.807) is 61.2 Å². The SMILES string of the molecule is CC(C)(C(=O)N1CCC(CC(=O)O)CC1)[C@H](NC(=O)c1ccc(C(=N)N)cc1)c1cccc(Cl)c1. The Labute approximate surface area is 210 Å². The molecule has 3 rings (SSSR count). The molecule has 0 spiro atoms. The molecule has 2 aromatic rings. The molecule has 9 heteroatoms. The number of nitrogens with two attached hydrogens (primary N) is 1. The quantitative estimate of drug-likeness (QED) is 0.324. The number of amidine groups is 1. The molecule has 35 heavy (non-hydrogen) atoms. The molecule has 0 radical (unpaired) electrons. The third-order valence-corrected chi connectivity index (χ3v) is 6.79. The minimum atomic E-state index is -1.01. The van der Waals surface area contributed by atoms with E-state index in [1.807, 2.05) is 6.07 Å². The highest BCUT2D eigenvalue weighted by atomic mass is 35.5. The van der Waals surface area contributed by atoms with Gasteiger partial charge in [-0.25, -0.2) is 0 Å². The molecule has 0 unspecified atom stereocenters. The van der Waals surface area contributed by atoms with Crippen LogP contribution in [0.25, 0.3) is 0 Å². The fourth-order valence-corrected chi connectivity index (χ4v) is 4.70. The molecule has 8 nitrogen and oxygen atoms in total. The smallest absolute Gasteiger partial charge is 0.303 e. The van der Waals surface area contributed by atoms with Gasteiger partial charge in [0.25, 0.3) is 5.91 Å². The molecule has 0 saturated carbocycles. The summed E-state index contributed by atoms with van der Waals surface area (Å²) in [6.07, 6.45) is 1.37. The number of halogens is 1. The van der Waals surface area contributed by atoms with Crippen LogP contribution in [0.2, 0.25) is 5.02 Å². The lowest BCUT2D eigenvalue weighted by Gasteiger charge is -2.40. The highest BCUT2D eigenvalue weighted by molar-refractivity contribution is 6.30. The Bertz CT molecular complexity index is 1110. The zero-order chi connectivity index (χ0) is 25.8. The molecular weight excluding hydrogens is 468 g/mol. The van der Waals surface area contributed by atoms with Crippen molar-refractivity contribution in [2.75, 3.05) is 13.1 Å². The van der Waals surface area contributed by atoms with Gasteiger partial charge in [0.15, 0.2) is 0 Å². The number of rotatable bonds is 8. The van der Waals surface area contributed by atoms with Crippen molar-refractivity contribution in [2.45, 2.75) is 39.2 Å². The number of hydrogen-bond donors (Lipinski definition) is 4. The molecule has 1 aliphatic heterocycles. The van der Waals surface area contributed by atoms with Crippen LogP contribution in [0.5, 0.6) is 0 Å². The first-order valence-corrected chi connectivity index (χ1v) is 11.9. The van der Waals surface area contributed by atoms with Crippen LogP contribution in [-0.4, -0.2) is 46.7 Å². The van der Waals surface area contributed by atoms with Gasteiger partial charge in [0, 0.05) is 35.7 Å². The average molecular weight is 499 g/mol. The van der Waals surface area contributed by atoms with Crippen LogP contribution in [0.3, 0.4) is 0 Å². The maximum atomic E-state index is 13.7. The monoisotopic (exact) mass is 498 g/mol. The second kappa shape index (κ2) is 10.9. The summed E-state index contributed by atoms with van der Waals surface area (Å²) in [5.74, 6) is -1.35. The molecule has 1 saturated heterocycles. The summed E-state index contributed by atoms with van der Waals surface area (Å²) in [6, 6.07) is 12.8. The van der Waals surface area contributed by atoms with Gasteiger partial charge in [-0.3, -0.25) is 19.8 Å². The lowest BCUT2D eigenvalue weighted by Crippen LogP contribution is -2.51. The minimum Gasteiger partial charge on any atom is -0.481 e. The van der Waals surface area contributed by atoms with E-state index in [0.717, 1.165) is 0 Å². The van der Waals surface area contributed by atoms with Crippen LogP contribution >= 0.6 is 11.6 Å². The van der Waals surface area contributed by atoms with Crippen LogP contribution in [0, 0.1) is 16.7 Å². The van der Waals surface area contributed by atoms with Crippen molar-refractivity contribution in [3.8, 4) is 0 Å². The number of aliphatic carboxylic acids is 1. The van der Waals surface area contributed by atoms with Gasteiger partial charge in [-0.2, -0.15) is 0 Å². The summed E-state index contributed by atoms with van der Waals surface area (Å²) in [6.45, 7) is 4.54. The maximum absolute atomic E-state index is 13.7. The molecule has 2 amide bonds. The molecule has 1 heterocycles. The third-order valence-electron chi connectivity index (χ3n) is 6.55. The Kier molecular flexibility index (Phi) is 8.17. The number of hydrogen-bond acceptors (Lipinski definition) is 4. The normalized spacial score (nSPS) is 15.3. The number of nitrogen functional groups attached to an aromatic ring is 1. The minimum absolute atomic E-state index is 0.0565. The number of piperidine rings is 1. The van der Waals surface area contributed by atoms with E-state index in [2.05, 4.69) is 5.32 Å². The van der Waals surface area contributed by atoms with E-state index in [1.165, 1.54) is 0 Å². The molecule has 0 bridgehead atoms.